The van der Waals surface area contributed by atoms with Crippen LogP contribution in [0.1, 0.15) is 0 Å². The van der Waals surface area contributed by atoms with E-state index in [1.807, 2.05) is 0 Å². The van der Waals surface area contributed by atoms with Crippen molar-refractivity contribution in [1.29, 1.82) is 0 Å². The van der Waals surface area contributed by atoms with E-state index < -0.39 is 10.7 Å². The number of nitro benzene ring substituents is 1. The summed E-state index contributed by atoms with van der Waals surface area (Å²) in [5.74, 6) is -1.37. The maximum atomic E-state index is 13.5. The van der Waals surface area contributed by atoms with Crippen molar-refractivity contribution in [2.75, 3.05) is 0 Å². The molecule has 19 heavy (non-hydrogen) atoms. The highest BCUT2D eigenvalue weighted by atomic mass is 35.5. The molecule has 1 heterocycles. The number of nitro groups is 1. The number of ether oxygens (including phenoxy) is 1. The summed E-state index contributed by atoms with van der Waals surface area (Å²) in [5.41, 5.74) is -0.326. The van der Waals surface area contributed by atoms with Crippen molar-refractivity contribution in [3.8, 4) is 11.6 Å². The number of nitrogens with zero attached hydrogens (tertiary/aromatic N) is 3. The molecule has 2 aromatic rings. The smallest absolute Gasteiger partial charge is 0.273 e. The van der Waals surface area contributed by atoms with E-state index in [-0.39, 0.29) is 27.6 Å². The van der Waals surface area contributed by atoms with Crippen molar-refractivity contribution in [3.05, 3.63) is 50.6 Å². The van der Waals surface area contributed by atoms with Crippen LogP contribution in [-0.4, -0.2) is 14.9 Å². The fraction of sp³-hybridized carbons (Fsp3) is 0. The van der Waals surface area contributed by atoms with Crippen molar-refractivity contribution in [2.45, 2.75) is 0 Å². The Labute approximate surface area is 115 Å². The summed E-state index contributed by atoms with van der Waals surface area (Å²) in [5, 5.41) is 10.4. The summed E-state index contributed by atoms with van der Waals surface area (Å²) < 4.78 is 18.5. The van der Waals surface area contributed by atoms with Gasteiger partial charge in [0.2, 0.25) is 11.2 Å². The van der Waals surface area contributed by atoms with E-state index in [0.717, 1.165) is 18.2 Å². The van der Waals surface area contributed by atoms with Crippen molar-refractivity contribution < 1.29 is 14.1 Å². The Morgan fingerprint density at radius 1 is 1.37 bits per heavy atom. The van der Waals surface area contributed by atoms with E-state index in [9.17, 15) is 14.5 Å². The molecule has 0 spiro atoms. The number of benzene rings is 1. The van der Waals surface area contributed by atoms with Gasteiger partial charge in [0.15, 0.2) is 11.6 Å². The van der Waals surface area contributed by atoms with Gasteiger partial charge >= 0.3 is 0 Å². The van der Waals surface area contributed by atoms with Crippen LogP contribution in [0.4, 0.5) is 10.1 Å². The predicted octanol–water partition coefficient (Wildman–Crippen LogP) is 3.62. The zero-order valence-corrected chi connectivity index (χ0v) is 10.5. The molecule has 0 aliphatic rings. The highest BCUT2D eigenvalue weighted by Gasteiger charge is 2.15. The number of hydrogen-bond acceptors (Lipinski definition) is 5. The Hall–Kier alpha value is -1.99. The Morgan fingerprint density at radius 2 is 2.11 bits per heavy atom. The number of non-ortho nitro benzene ring substituents is 1. The molecule has 2 rings (SSSR count). The molecule has 0 bridgehead atoms. The molecule has 0 radical (unpaired) electrons. The molecule has 0 aliphatic carbocycles. The molecular weight excluding hydrogens is 300 g/mol. The predicted molar refractivity (Wildman–Crippen MR) is 65.2 cm³/mol. The third kappa shape index (κ3) is 3.07. The van der Waals surface area contributed by atoms with Crippen LogP contribution in [0.5, 0.6) is 11.6 Å². The maximum absolute atomic E-state index is 13.5. The molecule has 0 aliphatic heterocycles. The zero-order valence-electron chi connectivity index (χ0n) is 9.01. The third-order valence-corrected chi connectivity index (χ3v) is 2.46. The summed E-state index contributed by atoms with van der Waals surface area (Å²) in [6.07, 6.45) is 1.17. The van der Waals surface area contributed by atoms with Crippen LogP contribution in [-0.2, 0) is 0 Å². The van der Waals surface area contributed by atoms with Crippen LogP contribution in [0.2, 0.25) is 10.3 Å². The molecule has 0 amide bonds. The second-order valence-electron chi connectivity index (χ2n) is 3.27. The fourth-order valence-electron chi connectivity index (χ4n) is 1.19. The van der Waals surface area contributed by atoms with E-state index in [4.69, 9.17) is 27.9 Å². The van der Waals surface area contributed by atoms with E-state index in [1.54, 1.807) is 0 Å². The molecular formula is C10H4Cl2FN3O3. The topological polar surface area (TPSA) is 78.2 Å². The molecule has 0 saturated carbocycles. The minimum atomic E-state index is -0.795. The van der Waals surface area contributed by atoms with Gasteiger partial charge in [0, 0.05) is 6.07 Å². The van der Waals surface area contributed by atoms with Gasteiger partial charge in [-0.1, -0.05) is 11.6 Å². The van der Waals surface area contributed by atoms with Gasteiger partial charge in [0.05, 0.1) is 17.2 Å². The summed E-state index contributed by atoms with van der Waals surface area (Å²) in [4.78, 5) is 17.1. The molecule has 6 nitrogen and oxygen atoms in total. The van der Waals surface area contributed by atoms with Crippen LogP contribution < -0.4 is 4.74 Å². The first-order chi connectivity index (χ1) is 8.97. The Morgan fingerprint density at radius 3 is 2.79 bits per heavy atom. The molecule has 0 saturated heterocycles. The van der Waals surface area contributed by atoms with Gasteiger partial charge in [0.1, 0.15) is 5.02 Å². The molecule has 9 heteroatoms. The maximum Gasteiger partial charge on any atom is 0.273 e. The van der Waals surface area contributed by atoms with Gasteiger partial charge in [-0.05, 0) is 17.7 Å². The summed E-state index contributed by atoms with van der Waals surface area (Å²) >= 11 is 11.3. The SMILES string of the molecule is O=[N+]([O-])c1ccc(F)c(Oc2nc(Cl)ncc2Cl)c1. The van der Waals surface area contributed by atoms with Gasteiger partial charge in [-0.15, -0.1) is 0 Å². The monoisotopic (exact) mass is 303 g/mol. The van der Waals surface area contributed by atoms with E-state index in [0.29, 0.717) is 0 Å². The van der Waals surface area contributed by atoms with Gasteiger partial charge in [-0.3, -0.25) is 10.1 Å². The Kier molecular flexibility index (Phi) is 3.77. The van der Waals surface area contributed by atoms with Crippen molar-refractivity contribution in [1.82, 2.24) is 9.97 Å². The lowest BCUT2D eigenvalue weighted by atomic mass is 10.3. The highest BCUT2D eigenvalue weighted by Crippen LogP contribution is 2.31. The molecule has 0 atom stereocenters. The first-order valence-electron chi connectivity index (χ1n) is 4.77. The third-order valence-electron chi connectivity index (χ3n) is 2.01. The van der Waals surface area contributed by atoms with Crippen molar-refractivity contribution in [2.24, 2.45) is 0 Å². The number of aromatic nitrogens is 2. The van der Waals surface area contributed by atoms with Crippen molar-refractivity contribution >= 4 is 28.9 Å². The minimum Gasteiger partial charge on any atom is -0.434 e. The summed E-state index contributed by atoms with van der Waals surface area (Å²) in [6, 6.07) is 2.84. The highest BCUT2D eigenvalue weighted by molar-refractivity contribution is 6.32. The number of hydrogen-bond donors (Lipinski definition) is 0. The van der Waals surface area contributed by atoms with Crippen molar-refractivity contribution in [3.63, 3.8) is 0 Å². The molecule has 0 N–H and O–H groups in total. The molecule has 1 aromatic heterocycles. The first kappa shape index (κ1) is 13.4. The van der Waals surface area contributed by atoms with Gasteiger partial charge < -0.3 is 4.74 Å². The van der Waals surface area contributed by atoms with Gasteiger partial charge in [-0.25, -0.2) is 9.37 Å². The molecule has 98 valence electrons. The van der Waals surface area contributed by atoms with Crippen LogP contribution in [0, 0.1) is 15.9 Å². The van der Waals surface area contributed by atoms with Crippen LogP contribution in [0.15, 0.2) is 24.4 Å². The van der Waals surface area contributed by atoms with Gasteiger partial charge in [-0.2, -0.15) is 4.98 Å². The van der Waals surface area contributed by atoms with Crippen LogP contribution in [0.25, 0.3) is 0 Å². The minimum absolute atomic E-state index is 0.00435. The molecule has 0 fully saturated rings. The molecule has 1 aromatic carbocycles. The summed E-state index contributed by atoms with van der Waals surface area (Å²) in [6.45, 7) is 0. The van der Waals surface area contributed by atoms with E-state index in [2.05, 4.69) is 9.97 Å². The van der Waals surface area contributed by atoms with E-state index >= 15 is 0 Å². The van der Waals surface area contributed by atoms with Crippen LogP contribution in [0.3, 0.4) is 0 Å². The Balaban J connectivity index is 2.40. The van der Waals surface area contributed by atoms with Gasteiger partial charge in [0.25, 0.3) is 5.69 Å². The molecule has 0 unspecified atom stereocenters. The average Bonchev–Trinajstić information content (AvgIpc) is 2.36. The standard InChI is InChI=1S/C10H4Cl2FN3O3/c11-6-4-14-10(12)15-9(6)19-8-3-5(16(17)18)1-2-7(8)13/h1-4H. The average molecular weight is 304 g/mol. The largest absolute Gasteiger partial charge is 0.434 e. The van der Waals surface area contributed by atoms with E-state index in [1.165, 1.54) is 6.20 Å². The first-order valence-corrected chi connectivity index (χ1v) is 5.53. The zero-order chi connectivity index (χ0) is 14.0. The second-order valence-corrected chi connectivity index (χ2v) is 4.01. The summed E-state index contributed by atoms with van der Waals surface area (Å²) in [7, 11) is 0. The fourth-order valence-corrected chi connectivity index (χ4v) is 1.45. The number of rotatable bonds is 3. The lowest BCUT2D eigenvalue weighted by Gasteiger charge is -2.06. The second kappa shape index (κ2) is 5.33. The number of halogens is 3. The quantitative estimate of drug-likeness (QED) is 0.491. The lowest BCUT2D eigenvalue weighted by molar-refractivity contribution is -0.385. The Bertz CT molecular complexity index is 654. The van der Waals surface area contributed by atoms with Crippen LogP contribution >= 0.6 is 23.2 Å². The lowest BCUT2D eigenvalue weighted by Crippen LogP contribution is -1.95. The normalized spacial score (nSPS) is 10.3.